The summed E-state index contributed by atoms with van der Waals surface area (Å²) < 4.78 is 18.3. The average Bonchev–Trinajstić information content (AvgIpc) is 3.34. The van der Waals surface area contributed by atoms with E-state index in [0.29, 0.717) is 17.3 Å². The first kappa shape index (κ1) is 17.2. The van der Waals surface area contributed by atoms with Crippen molar-refractivity contribution in [3.63, 3.8) is 0 Å². The second-order valence-corrected chi connectivity index (χ2v) is 6.86. The number of nitrogens with one attached hydrogen (secondary N) is 1. The van der Waals surface area contributed by atoms with Crippen LogP contribution in [-0.4, -0.2) is 20.2 Å². The molecule has 0 aliphatic heterocycles. The number of hydrogen-bond acceptors (Lipinski definition) is 4. The predicted molar refractivity (Wildman–Crippen MR) is 109 cm³/mol. The molecule has 5 nitrogen and oxygen atoms in total. The van der Waals surface area contributed by atoms with Gasteiger partial charge in [0, 0.05) is 29.0 Å². The highest BCUT2D eigenvalue weighted by molar-refractivity contribution is 5.90. The van der Waals surface area contributed by atoms with Crippen LogP contribution >= 0.6 is 0 Å². The minimum atomic E-state index is -0.282. The van der Waals surface area contributed by atoms with Crippen LogP contribution in [0.3, 0.4) is 0 Å². The maximum Gasteiger partial charge on any atom is 0.223 e. The first-order valence-corrected chi connectivity index (χ1v) is 9.09. The molecular formula is C23H16FN3O2. The molecule has 2 N–H and O–H groups in total. The van der Waals surface area contributed by atoms with E-state index in [1.54, 1.807) is 25.1 Å². The van der Waals surface area contributed by atoms with Gasteiger partial charge in [0.1, 0.15) is 11.6 Å². The highest BCUT2D eigenvalue weighted by atomic mass is 19.1. The van der Waals surface area contributed by atoms with Crippen molar-refractivity contribution in [2.75, 3.05) is 0 Å². The molecule has 3 aromatic carbocycles. The number of phenols is 1. The van der Waals surface area contributed by atoms with E-state index < -0.39 is 0 Å². The van der Waals surface area contributed by atoms with Gasteiger partial charge in [-0.2, -0.15) is 4.98 Å². The molecule has 29 heavy (non-hydrogen) atoms. The number of halogens is 1. The lowest BCUT2D eigenvalue weighted by atomic mass is 10.0. The Labute approximate surface area is 165 Å². The second-order valence-electron chi connectivity index (χ2n) is 6.86. The summed E-state index contributed by atoms with van der Waals surface area (Å²) in [7, 11) is 0. The van der Waals surface area contributed by atoms with Gasteiger partial charge in [-0.1, -0.05) is 23.4 Å². The monoisotopic (exact) mass is 385 g/mol. The molecule has 0 radical (unpaired) electrons. The van der Waals surface area contributed by atoms with Crippen molar-refractivity contribution in [1.29, 1.82) is 0 Å². The summed E-state index contributed by atoms with van der Waals surface area (Å²) in [6.45, 7) is 1.75. The highest BCUT2D eigenvalue weighted by Crippen LogP contribution is 2.35. The van der Waals surface area contributed by atoms with Gasteiger partial charge in [0.2, 0.25) is 11.7 Å². The predicted octanol–water partition coefficient (Wildman–Crippen LogP) is 5.71. The molecule has 0 atom stereocenters. The molecule has 0 amide bonds. The van der Waals surface area contributed by atoms with Crippen LogP contribution in [0.5, 0.6) is 5.75 Å². The minimum Gasteiger partial charge on any atom is -0.507 e. The van der Waals surface area contributed by atoms with E-state index in [-0.39, 0.29) is 11.6 Å². The number of aryl methyl sites for hydroxylation is 1. The lowest BCUT2D eigenvalue weighted by Crippen LogP contribution is -1.83. The molecule has 0 aliphatic carbocycles. The number of hydrogen-bond donors (Lipinski definition) is 2. The topological polar surface area (TPSA) is 74.9 Å². The van der Waals surface area contributed by atoms with E-state index in [0.717, 1.165) is 33.3 Å². The SMILES string of the molecule is Cc1nc(-c2ccc3[nH]c(-c4cc(-c5ccc(F)cc5)ccc4O)cc3c2)no1. The second kappa shape index (κ2) is 6.60. The molecule has 142 valence electrons. The molecule has 0 saturated heterocycles. The molecular weight excluding hydrogens is 369 g/mol. The lowest BCUT2D eigenvalue weighted by molar-refractivity contribution is 0.394. The van der Waals surface area contributed by atoms with E-state index in [4.69, 9.17) is 4.52 Å². The Kier molecular flexibility index (Phi) is 3.91. The average molecular weight is 385 g/mol. The Morgan fingerprint density at radius 2 is 1.66 bits per heavy atom. The Bertz CT molecular complexity index is 1340. The first-order valence-electron chi connectivity index (χ1n) is 9.09. The van der Waals surface area contributed by atoms with Crippen LogP contribution < -0.4 is 0 Å². The van der Waals surface area contributed by atoms with Gasteiger partial charge < -0.3 is 14.6 Å². The minimum absolute atomic E-state index is 0.163. The molecule has 6 heteroatoms. The van der Waals surface area contributed by atoms with Gasteiger partial charge in [-0.25, -0.2) is 4.39 Å². The zero-order valence-electron chi connectivity index (χ0n) is 15.5. The first-order chi connectivity index (χ1) is 14.1. The summed E-state index contributed by atoms with van der Waals surface area (Å²) in [4.78, 5) is 7.60. The maximum atomic E-state index is 13.2. The molecule has 2 heterocycles. The molecule has 0 bridgehead atoms. The van der Waals surface area contributed by atoms with Crippen LogP contribution in [0.15, 0.2) is 71.3 Å². The largest absolute Gasteiger partial charge is 0.507 e. The summed E-state index contributed by atoms with van der Waals surface area (Å²) >= 11 is 0. The van der Waals surface area contributed by atoms with Gasteiger partial charge in [0.25, 0.3) is 0 Å². The van der Waals surface area contributed by atoms with Crippen LogP contribution in [-0.2, 0) is 0 Å². The van der Waals surface area contributed by atoms with Crippen molar-refractivity contribution < 1.29 is 14.0 Å². The number of aromatic amines is 1. The van der Waals surface area contributed by atoms with E-state index >= 15 is 0 Å². The van der Waals surface area contributed by atoms with Crippen LogP contribution in [0.25, 0.3) is 44.7 Å². The van der Waals surface area contributed by atoms with Crippen molar-refractivity contribution in [3.8, 4) is 39.5 Å². The number of aromatic hydroxyl groups is 1. The van der Waals surface area contributed by atoms with Gasteiger partial charge in [0.05, 0.1) is 5.69 Å². The third-order valence-electron chi connectivity index (χ3n) is 4.87. The van der Waals surface area contributed by atoms with Crippen LogP contribution in [0.1, 0.15) is 5.89 Å². The van der Waals surface area contributed by atoms with Crippen molar-refractivity contribution in [1.82, 2.24) is 15.1 Å². The Hall–Kier alpha value is -3.93. The number of H-pyrrole nitrogens is 1. The Morgan fingerprint density at radius 3 is 2.41 bits per heavy atom. The lowest BCUT2D eigenvalue weighted by Gasteiger charge is -2.07. The molecule has 5 rings (SSSR count). The summed E-state index contributed by atoms with van der Waals surface area (Å²) in [5.74, 6) is 0.929. The van der Waals surface area contributed by atoms with E-state index in [1.807, 2.05) is 36.4 Å². The van der Waals surface area contributed by atoms with Crippen molar-refractivity contribution in [2.24, 2.45) is 0 Å². The molecule has 0 unspecified atom stereocenters. The van der Waals surface area contributed by atoms with Crippen molar-refractivity contribution >= 4 is 10.9 Å². The molecule has 0 spiro atoms. The molecule has 2 aromatic heterocycles. The van der Waals surface area contributed by atoms with Gasteiger partial charge in [-0.05, 0) is 59.7 Å². The highest BCUT2D eigenvalue weighted by Gasteiger charge is 2.12. The summed E-state index contributed by atoms with van der Waals surface area (Å²) in [5.41, 5.74) is 4.99. The van der Waals surface area contributed by atoms with Crippen LogP contribution in [0, 0.1) is 12.7 Å². The third kappa shape index (κ3) is 3.14. The van der Waals surface area contributed by atoms with Gasteiger partial charge >= 0.3 is 0 Å². The smallest absolute Gasteiger partial charge is 0.223 e. The van der Waals surface area contributed by atoms with Gasteiger partial charge in [-0.3, -0.25) is 0 Å². The molecule has 0 aliphatic rings. The quantitative estimate of drug-likeness (QED) is 0.417. The summed E-state index contributed by atoms with van der Waals surface area (Å²) in [5, 5.41) is 15.4. The fourth-order valence-electron chi connectivity index (χ4n) is 3.41. The molecule has 0 fully saturated rings. The zero-order chi connectivity index (χ0) is 20.0. The normalized spacial score (nSPS) is 11.2. The van der Waals surface area contributed by atoms with Gasteiger partial charge in [-0.15, -0.1) is 0 Å². The van der Waals surface area contributed by atoms with Crippen molar-refractivity contribution in [2.45, 2.75) is 6.92 Å². The number of phenolic OH excluding ortho intramolecular Hbond substituents is 1. The third-order valence-corrected chi connectivity index (χ3v) is 4.87. The fourth-order valence-corrected chi connectivity index (χ4v) is 3.41. The fraction of sp³-hybridized carbons (Fsp3) is 0.0435. The Balaban J connectivity index is 1.58. The Morgan fingerprint density at radius 1 is 0.897 bits per heavy atom. The summed E-state index contributed by atoms with van der Waals surface area (Å²) in [6, 6.07) is 19.4. The molecule has 0 saturated carbocycles. The maximum absolute atomic E-state index is 13.2. The van der Waals surface area contributed by atoms with Crippen molar-refractivity contribution in [3.05, 3.63) is 78.4 Å². The van der Waals surface area contributed by atoms with Gasteiger partial charge in [0.15, 0.2) is 0 Å². The van der Waals surface area contributed by atoms with E-state index in [2.05, 4.69) is 15.1 Å². The van der Waals surface area contributed by atoms with Crippen LogP contribution in [0.2, 0.25) is 0 Å². The standard InChI is InChI=1S/C23H16FN3O2/c1-13-25-23(27-29-13)16-4-8-20-17(10-16)12-21(26-20)19-11-15(5-9-22(19)28)14-2-6-18(24)7-3-14/h2-12,26,28H,1H3. The summed E-state index contributed by atoms with van der Waals surface area (Å²) in [6.07, 6.45) is 0. The van der Waals surface area contributed by atoms with E-state index in [1.165, 1.54) is 12.1 Å². The number of nitrogens with zero attached hydrogens (tertiary/aromatic N) is 2. The number of aromatic nitrogens is 3. The number of benzene rings is 3. The van der Waals surface area contributed by atoms with Crippen LogP contribution in [0.4, 0.5) is 4.39 Å². The van der Waals surface area contributed by atoms with E-state index in [9.17, 15) is 9.50 Å². The number of fused-ring (bicyclic) bond motifs is 1. The molecule has 5 aromatic rings. The number of rotatable bonds is 3. The zero-order valence-corrected chi connectivity index (χ0v) is 15.5.